The number of nitrogens with two attached hydrogens (primary N) is 2. The molecule has 1 aromatic carbocycles. The Labute approximate surface area is 108 Å². The second-order valence-electron chi connectivity index (χ2n) is 3.17. The minimum Gasteiger partial charge on any atom is -0.480 e. The van der Waals surface area contributed by atoms with Crippen molar-refractivity contribution in [1.29, 1.82) is 0 Å². The quantitative estimate of drug-likeness (QED) is 0.582. The van der Waals surface area contributed by atoms with E-state index in [0.29, 0.717) is 17.7 Å². The zero-order chi connectivity index (χ0) is 13.4. The highest BCUT2D eigenvalue weighted by Crippen LogP contribution is 2.08. The Hall–Kier alpha value is -1.56. The first-order valence-corrected chi connectivity index (χ1v) is 5.82. The molecule has 1 amide bonds. The van der Waals surface area contributed by atoms with Crippen LogP contribution in [0.3, 0.4) is 0 Å². The SMILES string of the molecule is CCC(Br)C(=O)O.NC(=O)c1ccccc1N. The third kappa shape index (κ3) is 5.91. The van der Waals surface area contributed by atoms with Crippen LogP contribution in [0, 0.1) is 0 Å². The van der Waals surface area contributed by atoms with Crippen LogP contribution in [0.25, 0.3) is 0 Å². The Morgan fingerprint density at radius 3 is 2.18 bits per heavy atom. The summed E-state index contributed by atoms with van der Waals surface area (Å²) in [6.07, 6.45) is 0.634. The van der Waals surface area contributed by atoms with Crippen LogP contribution >= 0.6 is 15.9 Å². The van der Waals surface area contributed by atoms with Gasteiger partial charge in [0.2, 0.25) is 0 Å². The summed E-state index contributed by atoms with van der Waals surface area (Å²) >= 11 is 2.94. The summed E-state index contributed by atoms with van der Waals surface area (Å²) in [5, 5.41) is 8.14. The second-order valence-corrected chi connectivity index (χ2v) is 4.27. The lowest BCUT2D eigenvalue weighted by Gasteiger charge is -1.97. The average molecular weight is 303 g/mol. The molecule has 6 heteroatoms. The number of nitrogen functional groups attached to an aromatic ring is 1. The predicted molar refractivity (Wildman–Crippen MR) is 70.0 cm³/mol. The lowest BCUT2D eigenvalue weighted by Crippen LogP contribution is -2.12. The van der Waals surface area contributed by atoms with Crippen molar-refractivity contribution in [1.82, 2.24) is 0 Å². The van der Waals surface area contributed by atoms with E-state index in [1.54, 1.807) is 24.3 Å². The summed E-state index contributed by atoms with van der Waals surface area (Å²) in [5.41, 5.74) is 11.2. The first-order valence-electron chi connectivity index (χ1n) is 4.91. The molecule has 0 radical (unpaired) electrons. The lowest BCUT2D eigenvalue weighted by atomic mass is 10.2. The Morgan fingerprint density at radius 1 is 1.41 bits per heavy atom. The van der Waals surface area contributed by atoms with Gasteiger partial charge >= 0.3 is 5.97 Å². The summed E-state index contributed by atoms with van der Waals surface area (Å²) in [7, 11) is 0. The molecular formula is C11H15BrN2O3. The number of hydrogen-bond donors (Lipinski definition) is 3. The van der Waals surface area contributed by atoms with E-state index in [0.717, 1.165) is 0 Å². The monoisotopic (exact) mass is 302 g/mol. The molecule has 0 aliphatic heterocycles. The topological polar surface area (TPSA) is 106 Å². The Kier molecular flexibility index (Phi) is 6.97. The number of rotatable bonds is 3. The first kappa shape index (κ1) is 15.4. The lowest BCUT2D eigenvalue weighted by molar-refractivity contribution is -0.136. The fourth-order valence-corrected chi connectivity index (χ4v) is 0.896. The smallest absolute Gasteiger partial charge is 0.317 e. The molecule has 1 atom stereocenters. The zero-order valence-corrected chi connectivity index (χ0v) is 11.0. The summed E-state index contributed by atoms with van der Waals surface area (Å²) in [6.45, 7) is 1.81. The highest BCUT2D eigenvalue weighted by Gasteiger charge is 2.07. The third-order valence-electron chi connectivity index (χ3n) is 1.85. The Balaban J connectivity index is 0.000000325. The predicted octanol–water partition coefficient (Wildman–Crippen LogP) is 1.61. The molecule has 0 bridgehead atoms. The number of primary amides is 1. The van der Waals surface area contributed by atoms with Crippen molar-refractivity contribution in [3.8, 4) is 0 Å². The standard InChI is InChI=1S/C7H8N2O.C4H7BrO2/c8-6-4-2-1-3-5(6)7(9)10;1-2-3(5)4(6)7/h1-4H,8H2,(H2,9,10);3H,2H2,1H3,(H,6,7). The normalized spacial score (nSPS) is 10.9. The van der Waals surface area contributed by atoms with Crippen LogP contribution in [0.4, 0.5) is 5.69 Å². The number of hydrogen-bond acceptors (Lipinski definition) is 3. The van der Waals surface area contributed by atoms with Crippen LogP contribution in [0.2, 0.25) is 0 Å². The summed E-state index contributed by atoms with van der Waals surface area (Å²) < 4.78 is 0. The molecule has 0 fully saturated rings. The van der Waals surface area contributed by atoms with Crippen molar-refractivity contribution in [3.05, 3.63) is 29.8 Å². The first-order chi connectivity index (χ1) is 7.90. The maximum absolute atomic E-state index is 10.6. The second kappa shape index (κ2) is 7.67. The van der Waals surface area contributed by atoms with Crippen molar-refractivity contribution in [2.75, 3.05) is 5.73 Å². The number of alkyl halides is 1. The van der Waals surface area contributed by atoms with Crippen LogP contribution in [-0.2, 0) is 4.79 Å². The number of amides is 1. The van der Waals surface area contributed by atoms with Gasteiger partial charge in [-0.05, 0) is 18.6 Å². The molecule has 1 rings (SSSR count). The van der Waals surface area contributed by atoms with Gasteiger partial charge in [-0.3, -0.25) is 9.59 Å². The number of carboxylic acid groups (broad SMARTS) is 1. The Bertz CT molecular complexity index is 396. The van der Waals surface area contributed by atoms with E-state index in [2.05, 4.69) is 15.9 Å². The van der Waals surface area contributed by atoms with Crippen molar-refractivity contribution in [2.24, 2.45) is 5.73 Å². The highest BCUT2D eigenvalue weighted by molar-refractivity contribution is 9.10. The van der Waals surface area contributed by atoms with E-state index in [9.17, 15) is 9.59 Å². The number of benzene rings is 1. The van der Waals surface area contributed by atoms with E-state index >= 15 is 0 Å². The Morgan fingerprint density at radius 2 is 1.94 bits per heavy atom. The van der Waals surface area contributed by atoms with Gasteiger partial charge in [0.25, 0.3) is 5.91 Å². The largest absolute Gasteiger partial charge is 0.480 e. The molecule has 17 heavy (non-hydrogen) atoms. The van der Waals surface area contributed by atoms with Gasteiger partial charge in [-0.15, -0.1) is 0 Å². The maximum atomic E-state index is 10.6. The van der Waals surface area contributed by atoms with Crippen LogP contribution in [-0.4, -0.2) is 21.8 Å². The number of halogens is 1. The van der Waals surface area contributed by atoms with Gasteiger partial charge in [0, 0.05) is 5.69 Å². The fraction of sp³-hybridized carbons (Fsp3) is 0.273. The van der Waals surface area contributed by atoms with Gasteiger partial charge in [0.15, 0.2) is 0 Å². The van der Waals surface area contributed by atoms with Gasteiger partial charge in [0.1, 0.15) is 4.83 Å². The van der Waals surface area contributed by atoms with E-state index in [-0.39, 0.29) is 4.83 Å². The summed E-state index contributed by atoms with van der Waals surface area (Å²) in [6, 6.07) is 6.70. The van der Waals surface area contributed by atoms with Gasteiger partial charge in [-0.25, -0.2) is 0 Å². The number of carboxylic acids is 1. The molecule has 5 N–H and O–H groups in total. The summed E-state index contributed by atoms with van der Waals surface area (Å²) in [4.78, 5) is 20.1. The van der Waals surface area contributed by atoms with Crippen molar-refractivity contribution >= 4 is 33.5 Å². The molecule has 0 saturated carbocycles. The van der Waals surface area contributed by atoms with Gasteiger partial charge in [-0.2, -0.15) is 0 Å². The molecule has 1 aromatic rings. The summed E-state index contributed by atoms with van der Waals surface area (Å²) in [5.74, 6) is -1.28. The van der Waals surface area contributed by atoms with E-state index in [1.807, 2.05) is 6.92 Å². The molecule has 0 saturated heterocycles. The van der Waals surface area contributed by atoms with Gasteiger partial charge < -0.3 is 16.6 Å². The van der Waals surface area contributed by atoms with E-state index < -0.39 is 11.9 Å². The molecule has 1 unspecified atom stereocenters. The minimum atomic E-state index is -0.789. The fourth-order valence-electron chi connectivity index (χ4n) is 0.896. The van der Waals surface area contributed by atoms with Crippen molar-refractivity contribution in [2.45, 2.75) is 18.2 Å². The van der Waals surface area contributed by atoms with E-state index in [4.69, 9.17) is 16.6 Å². The molecule has 0 heterocycles. The van der Waals surface area contributed by atoms with Crippen LogP contribution in [0.15, 0.2) is 24.3 Å². The average Bonchev–Trinajstić information content (AvgIpc) is 2.28. The molecule has 0 aromatic heterocycles. The molecular weight excluding hydrogens is 288 g/mol. The number of para-hydroxylation sites is 1. The number of carbonyl (C=O) groups is 2. The zero-order valence-electron chi connectivity index (χ0n) is 9.39. The van der Waals surface area contributed by atoms with Crippen molar-refractivity contribution < 1.29 is 14.7 Å². The molecule has 5 nitrogen and oxygen atoms in total. The maximum Gasteiger partial charge on any atom is 0.317 e. The number of aliphatic carboxylic acids is 1. The molecule has 0 aliphatic rings. The van der Waals surface area contributed by atoms with Gasteiger partial charge in [0.05, 0.1) is 5.56 Å². The van der Waals surface area contributed by atoms with Crippen LogP contribution in [0.5, 0.6) is 0 Å². The highest BCUT2D eigenvalue weighted by atomic mass is 79.9. The van der Waals surface area contributed by atoms with E-state index in [1.165, 1.54) is 0 Å². The number of anilines is 1. The minimum absolute atomic E-state index is 0.368. The van der Waals surface area contributed by atoms with Crippen LogP contribution < -0.4 is 11.5 Å². The van der Waals surface area contributed by atoms with Crippen LogP contribution in [0.1, 0.15) is 23.7 Å². The molecule has 94 valence electrons. The number of carbonyl (C=O) groups excluding carboxylic acids is 1. The molecule has 0 spiro atoms. The van der Waals surface area contributed by atoms with Gasteiger partial charge in [-0.1, -0.05) is 35.0 Å². The molecule has 0 aliphatic carbocycles. The van der Waals surface area contributed by atoms with Crippen molar-refractivity contribution in [3.63, 3.8) is 0 Å². The third-order valence-corrected chi connectivity index (χ3v) is 2.89.